The van der Waals surface area contributed by atoms with Crippen molar-refractivity contribution in [3.05, 3.63) is 89.7 Å². The first-order valence-electron chi connectivity index (χ1n) is 12.2. The molecule has 38 heavy (non-hydrogen) atoms. The van der Waals surface area contributed by atoms with Gasteiger partial charge in [-0.25, -0.2) is 4.39 Å². The number of benzene rings is 3. The first kappa shape index (κ1) is 25.5. The van der Waals surface area contributed by atoms with Crippen molar-refractivity contribution in [2.75, 3.05) is 42.1 Å². The van der Waals surface area contributed by atoms with E-state index in [1.54, 1.807) is 4.90 Å². The van der Waals surface area contributed by atoms with Gasteiger partial charge in [0.15, 0.2) is 0 Å². The average Bonchev–Trinajstić information content (AvgIpc) is 3.42. The summed E-state index contributed by atoms with van der Waals surface area (Å²) in [5.41, 5.74) is 4.10. The third-order valence-corrected chi connectivity index (χ3v) is 7.10. The molecule has 1 aliphatic heterocycles. The van der Waals surface area contributed by atoms with Crippen LogP contribution in [0.3, 0.4) is 0 Å². The Kier molecular flexibility index (Phi) is 7.69. The number of hydrogen-bond acceptors (Lipinski definition) is 7. The van der Waals surface area contributed by atoms with Crippen LogP contribution in [-0.4, -0.2) is 58.8 Å². The van der Waals surface area contributed by atoms with E-state index >= 15 is 0 Å². The second kappa shape index (κ2) is 11.5. The number of nitrogens with zero attached hydrogens (tertiary/aromatic N) is 4. The Morgan fingerprint density at radius 1 is 0.947 bits per heavy atom. The summed E-state index contributed by atoms with van der Waals surface area (Å²) in [7, 11) is 0. The summed E-state index contributed by atoms with van der Waals surface area (Å²) in [6.07, 6.45) is 0. The molecule has 0 bridgehead atoms. The van der Waals surface area contributed by atoms with Gasteiger partial charge in [-0.1, -0.05) is 30.0 Å². The third-order valence-electron chi connectivity index (χ3n) is 6.28. The van der Waals surface area contributed by atoms with Crippen molar-refractivity contribution in [2.45, 2.75) is 12.1 Å². The van der Waals surface area contributed by atoms with Gasteiger partial charge in [0.05, 0.1) is 5.75 Å². The number of carbonyl (C=O) groups is 2. The van der Waals surface area contributed by atoms with Crippen molar-refractivity contribution in [2.24, 2.45) is 0 Å². The second-order valence-electron chi connectivity index (χ2n) is 8.86. The molecule has 3 aromatic carbocycles. The summed E-state index contributed by atoms with van der Waals surface area (Å²) in [6.45, 7) is 4.50. The minimum atomic E-state index is -0.357. The molecular formula is C28H26FN5O3S. The van der Waals surface area contributed by atoms with Gasteiger partial charge in [-0.15, -0.1) is 10.2 Å². The third kappa shape index (κ3) is 6.03. The zero-order chi connectivity index (χ0) is 26.5. The van der Waals surface area contributed by atoms with Gasteiger partial charge in [-0.3, -0.25) is 9.59 Å². The van der Waals surface area contributed by atoms with E-state index in [9.17, 15) is 14.0 Å². The van der Waals surface area contributed by atoms with Gasteiger partial charge in [0, 0.05) is 48.7 Å². The van der Waals surface area contributed by atoms with Gasteiger partial charge in [-0.2, -0.15) is 0 Å². The molecular weight excluding hydrogens is 505 g/mol. The average molecular weight is 532 g/mol. The highest BCUT2D eigenvalue weighted by Gasteiger charge is 2.22. The highest BCUT2D eigenvalue weighted by Crippen LogP contribution is 2.26. The number of piperazine rings is 1. The lowest BCUT2D eigenvalue weighted by atomic mass is 10.1. The maximum atomic E-state index is 13.1. The largest absolute Gasteiger partial charge is 0.411 e. The molecule has 10 heteroatoms. The molecule has 0 aliphatic carbocycles. The Morgan fingerprint density at radius 3 is 2.37 bits per heavy atom. The molecule has 0 spiro atoms. The van der Waals surface area contributed by atoms with Gasteiger partial charge in [0.2, 0.25) is 11.8 Å². The van der Waals surface area contributed by atoms with Gasteiger partial charge in [0.25, 0.3) is 11.1 Å². The van der Waals surface area contributed by atoms with Crippen LogP contribution in [0.1, 0.15) is 15.9 Å². The van der Waals surface area contributed by atoms with E-state index in [0.29, 0.717) is 48.5 Å². The molecule has 1 saturated heterocycles. The van der Waals surface area contributed by atoms with Crippen molar-refractivity contribution in [3.63, 3.8) is 0 Å². The number of thioether (sulfide) groups is 1. The Labute approximate surface area is 223 Å². The quantitative estimate of drug-likeness (QED) is 0.340. The van der Waals surface area contributed by atoms with Crippen LogP contribution in [-0.2, 0) is 4.79 Å². The smallest absolute Gasteiger partial charge is 0.277 e. The fourth-order valence-corrected chi connectivity index (χ4v) is 4.78. The van der Waals surface area contributed by atoms with Crippen LogP contribution in [0.2, 0.25) is 0 Å². The predicted molar refractivity (Wildman–Crippen MR) is 145 cm³/mol. The highest BCUT2D eigenvalue weighted by atomic mass is 32.2. The minimum absolute atomic E-state index is 0.0903. The first-order chi connectivity index (χ1) is 18.5. The van der Waals surface area contributed by atoms with Gasteiger partial charge >= 0.3 is 0 Å². The fourth-order valence-electron chi connectivity index (χ4n) is 4.21. The van der Waals surface area contributed by atoms with Crippen LogP contribution in [0, 0.1) is 12.7 Å². The van der Waals surface area contributed by atoms with Crippen molar-refractivity contribution < 1.29 is 18.4 Å². The molecule has 2 amide bonds. The number of aromatic nitrogens is 2. The van der Waals surface area contributed by atoms with E-state index in [1.165, 1.54) is 36.0 Å². The molecule has 2 heterocycles. The minimum Gasteiger partial charge on any atom is -0.411 e. The Morgan fingerprint density at radius 2 is 1.66 bits per heavy atom. The Balaban J connectivity index is 1.09. The number of amides is 2. The van der Waals surface area contributed by atoms with Crippen LogP contribution >= 0.6 is 11.8 Å². The van der Waals surface area contributed by atoms with Crippen LogP contribution in [0.5, 0.6) is 0 Å². The van der Waals surface area contributed by atoms with Crippen molar-refractivity contribution >= 4 is 35.0 Å². The number of aryl methyl sites for hydroxylation is 1. The number of nitrogens with one attached hydrogen (secondary N) is 1. The maximum Gasteiger partial charge on any atom is 0.277 e. The molecule has 0 unspecified atom stereocenters. The van der Waals surface area contributed by atoms with Crippen LogP contribution < -0.4 is 10.2 Å². The summed E-state index contributed by atoms with van der Waals surface area (Å²) in [5, 5.41) is 11.3. The van der Waals surface area contributed by atoms with E-state index in [1.807, 2.05) is 55.5 Å². The lowest BCUT2D eigenvalue weighted by molar-refractivity contribution is -0.113. The molecule has 8 nitrogen and oxygen atoms in total. The van der Waals surface area contributed by atoms with E-state index in [4.69, 9.17) is 4.42 Å². The molecule has 0 radical (unpaired) electrons. The normalized spacial score (nSPS) is 13.4. The molecule has 1 fully saturated rings. The molecule has 0 saturated carbocycles. The number of anilines is 2. The van der Waals surface area contributed by atoms with Crippen LogP contribution in [0.25, 0.3) is 11.5 Å². The monoisotopic (exact) mass is 531 g/mol. The Hall–Kier alpha value is -4.18. The number of halogens is 1. The van der Waals surface area contributed by atoms with Crippen molar-refractivity contribution in [1.82, 2.24) is 15.1 Å². The number of rotatable bonds is 7. The number of hydrogen-bond donors (Lipinski definition) is 1. The van der Waals surface area contributed by atoms with Crippen molar-refractivity contribution in [1.29, 1.82) is 0 Å². The fraction of sp³-hybridized carbons (Fsp3) is 0.214. The second-order valence-corrected chi connectivity index (χ2v) is 9.78. The zero-order valence-corrected chi connectivity index (χ0v) is 21.6. The highest BCUT2D eigenvalue weighted by molar-refractivity contribution is 7.99. The van der Waals surface area contributed by atoms with Gasteiger partial charge in [0.1, 0.15) is 5.82 Å². The van der Waals surface area contributed by atoms with Crippen LogP contribution in [0.15, 0.2) is 82.4 Å². The van der Waals surface area contributed by atoms with E-state index < -0.39 is 0 Å². The van der Waals surface area contributed by atoms with Gasteiger partial charge < -0.3 is 19.5 Å². The maximum absolute atomic E-state index is 13.1. The summed E-state index contributed by atoms with van der Waals surface area (Å²) in [5.74, 6) is -0.0496. The standard InChI is InChI=1S/C28H26FN5O3S/c1-19-4-2-3-5-24(19)26-31-32-28(37-26)38-18-25(35)30-22-10-12-23(13-11-22)33-14-16-34(17-15-33)27(36)20-6-8-21(29)9-7-20/h2-13H,14-18H2,1H3,(H,30,35). The lowest BCUT2D eigenvalue weighted by Gasteiger charge is -2.36. The molecule has 194 valence electrons. The van der Waals surface area contributed by atoms with Gasteiger partial charge in [-0.05, 0) is 67.1 Å². The van der Waals surface area contributed by atoms with E-state index in [2.05, 4.69) is 20.4 Å². The molecule has 1 aromatic heterocycles. The SMILES string of the molecule is Cc1ccccc1-c1nnc(SCC(=O)Nc2ccc(N3CCN(C(=O)c4ccc(F)cc4)CC3)cc2)o1. The van der Waals surface area contributed by atoms with Crippen molar-refractivity contribution in [3.8, 4) is 11.5 Å². The molecule has 1 aliphatic rings. The van der Waals surface area contributed by atoms with Crippen LogP contribution in [0.4, 0.5) is 15.8 Å². The molecule has 4 aromatic rings. The zero-order valence-electron chi connectivity index (χ0n) is 20.8. The lowest BCUT2D eigenvalue weighted by Crippen LogP contribution is -2.48. The summed E-state index contributed by atoms with van der Waals surface area (Å²) in [6, 6.07) is 21.0. The predicted octanol–water partition coefficient (Wildman–Crippen LogP) is 4.88. The molecule has 0 atom stereocenters. The topological polar surface area (TPSA) is 91.6 Å². The van der Waals surface area contributed by atoms with E-state index in [0.717, 1.165) is 16.8 Å². The summed E-state index contributed by atoms with van der Waals surface area (Å²) < 4.78 is 18.8. The van der Waals surface area contributed by atoms with E-state index in [-0.39, 0.29) is 23.4 Å². The molecule has 5 rings (SSSR count). The Bertz CT molecular complexity index is 1420. The summed E-state index contributed by atoms with van der Waals surface area (Å²) >= 11 is 1.19. The first-order valence-corrected chi connectivity index (χ1v) is 13.2. The summed E-state index contributed by atoms with van der Waals surface area (Å²) in [4.78, 5) is 29.1. The number of carbonyl (C=O) groups excluding carboxylic acids is 2. The molecule has 1 N–H and O–H groups in total.